The zero-order valence-corrected chi connectivity index (χ0v) is 14.4. The van der Waals surface area contributed by atoms with Crippen LogP contribution in [-0.2, 0) is 13.1 Å². The van der Waals surface area contributed by atoms with Crippen LogP contribution < -0.4 is 5.32 Å². The average Bonchev–Trinajstić information content (AvgIpc) is 2.61. The fourth-order valence-electron chi connectivity index (χ4n) is 2.77. The van der Waals surface area contributed by atoms with Crippen molar-refractivity contribution in [1.82, 2.24) is 15.3 Å². The predicted octanol–water partition coefficient (Wildman–Crippen LogP) is 3.54. The number of nitrogens with zero attached hydrogens (tertiary/aromatic N) is 2. The maximum Gasteiger partial charge on any atom is 0.0384 e. The first kappa shape index (κ1) is 17.7. The van der Waals surface area contributed by atoms with Gasteiger partial charge in [0.1, 0.15) is 0 Å². The summed E-state index contributed by atoms with van der Waals surface area (Å²) in [5.74, 6) is 0. The van der Waals surface area contributed by atoms with Gasteiger partial charge in [-0.2, -0.15) is 0 Å². The van der Waals surface area contributed by atoms with E-state index in [-0.39, 0.29) is 0 Å². The lowest BCUT2D eigenvalue weighted by molar-refractivity contribution is -0.0234. The van der Waals surface area contributed by atoms with Crippen molar-refractivity contribution in [3.8, 4) is 0 Å². The SMILES string of the molecule is CCN(CC)N(CCNCc1ccccc1)Cc1ccccc1. The molecule has 0 unspecified atom stereocenters. The van der Waals surface area contributed by atoms with Crippen LogP contribution >= 0.6 is 0 Å². The molecule has 0 aromatic heterocycles. The Morgan fingerprint density at radius 3 is 1.87 bits per heavy atom. The molecule has 0 saturated carbocycles. The van der Waals surface area contributed by atoms with E-state index < -0.39 is 0 Å². The number of nitrogens with one attached hydrogen (secondary N) is 1. The molecular weight excluding hydrogens is 282 g/mol. The summed E-state index contributed by atoms with van der Waals surface area (Å²) in [4.78, 5) is 0. The van der Waals surface area contributed by atoms with Gasteiger partial charge in [0.05, 0.1) is 0 Å². The number of hydrogen-bond acceptors (Lipinski definition) is 3. The van der Waals surface area contributed by atoms with Crippen LogP contribution in [0, 0.1) is 0 Å². The minimum atomic E-state index is 0.929. The third-order valence-corrected chi connectivity index (χ3v) is 4.06. The number of benzene rings is 2. The summed E-state index contributed by atoms with van der Waals surface area (Å²) in [6, 6.07) is 21.3. The number of rotatable bonds is 10. The summed E-state index contributed by atoms with van der Waals surface area (Å²) in [5, 5.41) is 8.42. The maximum atomic E-state index is 3.55. The Kier molecular flexibility index (Phi) is 7.81. The van der Waals surface area contributed by atoms with Crippen molar-refractivity contribution < 1.29 is 0 Å². The molecule has 0 atom stereocenters. The Labute approximate surface area is 140 Å². The molecule has 0 aliphatic rings. The lowest BCUT2D eigenvalue weighted by Gasteiger charge is -2.33. The van der Waals surface area contributed by atoms with Gasteiger partial charge in [0.25, 0.3) is 0 Å². The third kappa shape index (κ3) is 6.14. The molecule has 0 radical (unpaired) electrons. The van der Waals surface area contributed by atoms with E-state index in [2.05, 4.69) is 89.8 Å². The Morgan fingerprint density at radius 1 is 0.739 bits per heavy atom. The van der Waals surface area contributed by atoms with Crippen LogP contribution in [0.1, 0.15) is 25.0 Å². The lowest BCUT2D eigenvalue weighted by Crippen LogP contribution is -2.45. The fraction of sp³-hybridized carbons (Fsp3) is 0.400. The van der Waals surface area contributed by atoms with Gasteiger partial charge in [0.2, 0.25) is 0 Å². The number of hydrazine groups is 1. The first-order chi connectivity index (χ1) is 11.3. The number of hydrogen-bond donors (Lipinski definition) is 1. The van der Waals surface area contributed by atoms with Crippen LogP contribution in [0.2, 0.25) is 0 Å². The van der Waals surface area contributed by atoms with Gasteiger partial charge < -0.3 is 5.32 Å². The Morgan fingerprint density at radius 2 is 1.30 bits per heavy atom. The largest absolute Gasteiger partial charge is 0.311 e. The van der Waals surface area contributed by atoms with Gasteiger partial charge in [0, 0.05) is 39.3 Å². The Bertz CT molecular complexity index is 523. The van der Waals surface area contributed by atoms with Crippen LogP contribution in [-0.4, -0.2) is 36.2 Å². The van der Waals surface area contributed by atoms with Crippen LogP contribution in [0.25, 0.3) is 0 Å². The Balaban J connectivity index is 1.84. The van der Waals surface area contributed by atoms with Crippen LogP contribution in [0.3, 0.4) is 0 Å². The second-order valence-electron chi connectivity index (χ2n) is 5.68. The van der Waals surface area contributed by atoms with Gasteiger partial charge in [-0.25, -0.2) is 10.0 Å². The molecule has 0 amide bonds. The quantitative estimate of drug-likeness (QED) is 0.535. The molecule has 0 aliphatic carbocycles. The van der Waals surface area contributed by atoms with Gasteiger partial charge in [-0.05, 0) is 11.1 Å². The summed E-state index contributed by atoms with van der Waals surface area (Å²) >= 11 is 0. The van der Waals surface area contributed by atoms with Gasteiger partial charge in [-0.1, -0.05) is 74.5 Å². The van der Waals surface area contributed by atoms with E-state index in [4.69, 9.17) is 0 Å². The third-order valence-electron chi connectivity index (χ3n) is 4.06. The van der Waals surface area contributed by atoms with E-state index in [1.165, 1.54) is 11.1 Å². The van der Waals surface area contributed by atoms with Crippen molar-refractivity contribution in [1.29, 1.82) is 0 Å². The molecule has 0 fully saturated rings. The summed E-state index contributed by atoms with van der Waals surface area (Å²) in [5.41, 5.74) is 2.70. The second kappa shape index (κ2) is 10.2. The van der Waals surface area contributed by atoms with E-state index in [1.807, 2.05) is 0 Å². The molecule has 0 saturated heterocycles. The van der Waals surface area contributed by atoms with Crippen molar-refractivity contribution in [3.63, 3.8) is 0 Å². The zero-order valence-electron chi connectivity index (χ0n) is 14.4. The van der Waals surface area contributed by atoms with Crippen molar-refractivity contribution in [2.24, 2.45) is 0 Å². The molecular formula is C20H29N3. The van der Waals surface area contributed by atoms with Crippen molar-refractivity contribution in [3.05, 3.63) is 71.8 Å². The summed E-state index contributed by atoms with van der Waals surface area (Å²) in [6.45, 7) is 10.4. The highest BCUT2D eigenvalue weighted by molar-refractivity contribution is 5.15. The van der Waals surface area contributed by atoms with E-state index >= 15 is 0 Å². The molecule has 0 aliphatic heterocycles. The van der Waals surface area contributed by atoms with Crippen molar-refractivity contribution in [2.45, 2.75) is 26.9 Å². The Hall–Kier alpha value is -1.68. The van der Waals surface area contributed by atoms with Gasteiger partial charge in [-0.3, -0.25) is 0 Å². The molecule has 23 heavy (non-hydrogen) atoms. The first-order valence-corrected chi connectivity index (χ1v) is 8.61. The standard InChI is InChI=1S/C20H29N3/c1-3-22(4-2)23(18-20-13-9-6-10-14-20)16-15-21-17-19-11-7-5-8-12-19/h5-14,21H,3-4,15-18H2,1-2H3. The highest BCUT2D eigenvalue weighted by Gasteiger charge is 2.12. The molecule has 3 nitrogen and oxygen atoms in total. The van der Waals surface area contributed by atoms with Crippen molar-refractivity contribution >= 4 is 0 Å². The highest BCUT2D eigenvalue weighted by Crippen LogP contribution is 2.07. The van der Waals surface area contributed by atoms with E-state index in [9.17, 15) is 0 Å². The fourth-order valence-corrected chi connectivity index (χ4v) is 2.77. The van der Waals surface area contributed by atoms with E-state index in [1.54, 1.807) is 0 Å². The first-order valence-electron chi connectivity index (χ1n) is 8.61. The van der Waals surface area contributed by atoms with Crippen LogP contribution in [0.4, 0.5) is 0 Å². The molecule has 124 valence electrons. The van der Waals surface area contributed by atoms with Gasteiger partial charge >= 0.3 is 0 Å². The average molecular weight is 311 g/mol. The molecule has 2 aromatic carbocycles. The van der Waals surface area contributed by atoms with Crippen LogP contribution in [0.15, 0.2) is 60.7 Å². The van der Waals surface area contributed by atoms with Crippen LogP contribution in [0.5, 0.6) is 0 Å². The normalized spacial score (nSPS) is 11.3. The second-order valence-corrected chi connectivity index (χ2v) is 5.68. The summed E-state index contributed by atoms with van der Waals surface area (Å²) in [6.07, 6.45) is 0. The summed E-state index contributed by atoms with van der Waals surface area (Å²) < 4.78 is 0. The van der Waals surface area contributed by atoms with Gasteiger partial charge in [-0.15, -0.1) is 0 Å². The molecule has 1 N–H and O–H groups in total. The molecule has 2 aromatic rings. The minimum Gasteiger partial charge on any atom is -0.311 e. The topological polar surface area (TPSA) is 18.5 Å². The molecule has 0 bridgehead atoms. The van der Waals surface area contributed by atoms with E-state index in [0.717, 1.165) is 39.3 Å². The molecule has 3 heteroatoms. The van der Waals surface area contributed by atoms with Gasteiger partial charge in [0.15, 0.2) is 0 Å². The minimum absolute atomic E-state index is 0.929. The summed E-state index contributed by atoms with van der Waals surface area (Å²) in [7, 11) is 0. The van der Waals surface area contributed by atoms with Crippen molar-refractivity contribution in [2.75, 3.05) is 26.2 Å². The maximum absolute atomic E-state index is 3.55. The lowest BCUT2D eigenvalue weighted by atomic mass is 10.2. The smallest absolute Gasteiger partial charge is 0.0384 e. The molecule has 0 heterocycles. The zero-order chi connectivity index (χ0) is 16.3. The molecule has 0 spiro atoms. The highest BCUT2D eigenvalue weighted by atomic mass is 15.6. The molecule has 2 rings (SSSR count). The van der Waals surface area contributed by atoms with E-state index in [0.29, 0.717) is 0 Å². The monoisotopic (exact) mass is 311 g/mol. The predicted molar refractivity (Wildman–Crippen MR) is 97.9 cm³/mol.